The lowest BCUT2D eigenvalue weighted by atomic mass is 10.1. The zero-order valence-corrected chi connectivity index (χ0v) is 19.3. The summed E-state index contributed by atoms with van der Waals surface area (Å²) in [6.45, 7) is 4.71. The standard InChI is InChI=1S/C23H29ClN2O3S/c1-4-13-25-23(28)17(2)26(16-18-6-5-7-20(15-18)29-3)22(27)12-14-30-21-10-8-19(24)9-11-21/h5-11,15,17H,4,12-14,16H2,1-3H3,(H,25,28)/t17-/m1/s1. The topological polar surface area (TPSA) is 58.6 Å². The molecule has 0 spiro atoms. The van der Waals surface area contributed by atoms with Gasteiger partial charge in [-0.2, -0.15) is 0 Å². The Hall–Kier alpha value is -2.18. The first-order valence-electron chi connectivity index (χ1n) is 10.0. The van der Waals surface area contributed by atoms with E-state index in [1.165, 1.54) is 0 Å². The van der Waals surface area contributed by atoms with Crippen molar-refractivity contribution in [3.05, 3.63) is 59.1 Å². The van der Waals surface area contributed by atoms with Crippen molar-refractivity contribution in [2.24, 2.45) is 0 Å². The number of methoxy groups -OCH3 is 1. The lowest BCUT2D eigenvalue weighted by Crippen LogP contribution is -2.47. The van der Waals surface area contributed by atoms with Crippen molar-refractivity contribution in [1.29, 1.82) is 0 Å². The average Bonchev–Trinajstić information content (AvgIpc) is 2.76. The number of halogens is 1. The number of carbonyl (C=O) groups is 2. The highest BCUT2D eigenvalue weighted by atomic mass is 35.5. The number of nitrogens with zero attached hydrogens (tertiary/aromatic N) is 1. The van der Waals surface area contributed by atoms with Crippen LogP contribution in [0.1, 0.15) is 32.3 Å². The van der Waals surface area contributed by atoms with Crippen LogP contribution in [-0.4, -0.2) is 42.2 Å². The van der Waals surface area contributed by atoms with Gasteiger partial charge in [0, 0.05) is 35.2 Å². The van der Waals surface area contributed by atoms with E-state index in [1.807, 2.05) is 55.5 Å². The van der Waals surface area contributed by atoms with Crippen LogP contribution in [0.5, 0.6) is 5.75 Å². The predicted molar refractivity (Wildman–Crippen MR) is 123 cm³/mol. The lowest BCUT2D eigenvalue weighted by Gasteiger charge is -2.29. The van der Waals surface area contributed by atoms with E-state index in [4.69, 9.17) is 16.3 Å². The van der Waals surface area contributed by atoms with Crippen molar-refractivity contribution >= 4 is 35.2 Å². The smallest absolute Gasteiger partial charge is 0.242 e. The number of thioether (sulfide) groups is 1. The molecule has 0 unspecified atom stereocenters. The van der Waals surface area contributed by atoms with E-state index in [0.29, 0.717) is 30.3 Å². The lowest BCUT2D eigenvalue weighted by molar-refractivity contribution is -0.140. The predicted octanol–water partition coefficient (Wildman–Crippen LogP) is 4.77. The second-order valence-corrected chi connectivity index (χ2v) is 8.50. The molecule has 0 aromatic heterocycles. The first-order chi connectivity index (χ1) is 14.4. The van der Waals surface area contributed by atoms with Gasteiger partial charge < -0.3 is 15.0 Å². The number of ether oxygens (including phenoxy) is 1. The minimum absolute atomic E-state index is 0.0570. The van der Waals surface area contributed by atoms with Crippen molar-refractivity contribution in [3.8, 4) is 5.75 Å². The molecular weight excluding hydrogens is 420 g/mol. The minimum Gasteiger partial charge on any atom is -0.497 e. The molecule has 2 rings (SSSR count). The van der Waals surface area contributed by atoms with Gasteiger partial charge in [-0.1, -0.05) is 30.7 Å². The largest absolute Gasteiger partial charge is 0.497 e. The van der Waals surface area contributed by atoms with Crippen LogP contribution in [0.2, 0.25) is 5.02 Å². The third-order valence-corrected chi connectivity index (χ3v) is 5.87. The van der Waals surface area contributed by atoms with Crippen molar-refractivity contribution in [2.45, 2.75) is 44.2 Å². The second-order valence-electron chi connectivity index (χ2n) is 6.89. The fraction of sp³-hybridized carbons (Fsp3) is 0.391. The van der Waals surface area contributed by atoms with Gasteiger partial charge in [-0.05, 0) is 55.3 Å². The summed E-state index contributed by atoms with van der Waals surface area (Å²) in [5.74, 6) is 1.15. The third kappa shape index (κ3) is 7.58. The van der Waals surface area contributed by atoms with E-state index in [-0.39, 0.29) is 11.8 Å². The molecule has 2 aromatic carbocycles. The van der Waals surface area contributed by atoms with Crippen LogP contribution in [0.4, 0.5) is 0 Å². The van der Waals surface area contributed by atoms with Crippen LogP contribution in [0.25, 0.3) is 0 Å². The summed E-state index contributed by atoms with van der Waals surface area (Å²) in [6.07, 6.45) is 1.18. The van der Waals surface area contributed by atoms with Crippen molar-refractivity contribution in [3.63, 3.8) is 0 Å². The molecular formula is C23H29ClN2O3S. The zero-order valence-electron chi connectivity index (χ0n) is 17.7. The van der Waals surface area contributed by atoms with Crippen LogP contribution < -0.4 is 10.1 Å². The van der Waals surface area contributed by atoms with Crippen LogP contribution in [0.3, 0.4) is 0 Å². The van der Waals surface area contributed by atoms with Crippen molar-refractivity contribution in [1.82, 2.24) is 10.2 Å². The van der Waals surface area contributed by atoms with Gasteiger partial charge in [0.15, 0.2) is 0 Å². The molecule has 0 radical (unpaired) electrons. The summed E-state index contributed by atoms with van der Waals surface area (Å²) in [6, 6.07) is 14.5. The van der Waals surface area contributed by atoms with Gasteiger partial charge in [0.2, 0.25) is 11.8 Å². The molecule has 0 bridgehead atoms. The molecule has 30 heavy (non-hydrogen) atoms. The van der Waals surface area contributed by atoms with Crippen LogP contribution in [0.15, 0.2) is 53.4 Å². The minimum atomic E-state index is -0.559. The first kappa shape index (κ1) is 24.1. The Morgan fingerprint density at radius 1 is 1.20 bits per heavy atom. The van der Waals surface area contributed by atoms with Crippen LogP contribution >= 0.6 is 23.4 Å². The van der Waals surface area contributed by atoms with Gasteiger partial charge in [-0.3, -0.25) is 9.59 Å². The maximum absolute atomic E-state index is 13.0. The number of hydrogen-bond acceptors (Lipinski definition) is 4. The molecule has 0 heterocycles. The maximum atomic E-state index is 13.0. The summed E-state index contributed by atoms with van der Waals surface area (Å²) < 4.78 is 5.28. The average molecular weight is 449 g/mol. The molecule has 1 N–H and O–H groups in total. The van der Waals surface area contributed by atoms with E-state index < -0.39 is 6.04 Å². The van der Waals surface area contributed by atoms with E-state index in [2.05, 4.69) is 5.32 Å². The third-order valence-electron chi connectivity index (χ3n) is 4.60. The number of rotatable bonds is 11. The first-order valence-corrected chi connectivity index (χ1v) is 11.4. The van der Waals surface area contributed by atoms with E-state index in [1.54, 1.807) is 30.7 Å². The van der Waals surface area contributed by atoms with Gasteiger partial charge in [0.05, 0.1) is 7.11 Å². The van der Waals surface area contributed by atoms with Gasteiger partial charge in [-0.25, -0.2) is 0 Å². The van der Waals surface area contributed by atoms with Gasteiger partial charge in [0.1, 0.15) is 11.8 Å². The fourth-order valence-corrected chi connectivity index (χ4v) is 3.84. The summed E-state index contributed by atoms with van der Waals surface area (Å²) in [7, 11) is 1.61. The van der Waals surface area contributed by atoms with Crippen LogP contribution in [-0.2, 0) is 16.1 Å². The molecule has 0 aliphatic rings. The number of benzene rings is 2. The summed E-state index contributed by atoms with van der Waals surface area (Å²) in [5.41, 5.74) is 0.920. The molecule has 2 amide bonds. The van der Waals surface area contributed by atoms with Gasteiger partial charge in [-0.15, -0.1) is 11.8 Å². The SMILES string of the molecule is CCCNC(=O)[C@@H](C)N(Cc1cccc(OC)c1)C(=O)CCSc1ccc(Cl)cc1. The van der Waals surface area contributed by atoms with Crippen LogP contribution in [0, 0.1) is 0 Å². The van der Waals surface area contributed by atoms with E-state index in [9.17, 15) is 9.59 Å². The molecule has 0 saturated heterocycles. The van der Waals surface area contributed by atoms with Crippen molar-refractivity contribution < 1.29 is 14.3 Å². The van der Waals surface area contributed by atoms with Crippen molar-refractivity contribution in [2.75, 3.05) is 19.4 Å². The summed E-state index contributed by atoms with van der Waals surface area (Å²) >= 11 is 7.51. The summed E-state index contributed by atoms with van der Waals surface area (Å²) in [5, 5.41) is 3.57. The number of carbonyl (C=O) groups excluding carboxylic acids is 2. The van der Waals surface area contributed by atoms with Gasteiger partial charge >= 0.3 is 0 Å². The second kappa shape index (κ2) is 12.5. The molecule has 7 heteroatoms. The Balaban J connectivity index is 2.06. The Kier molecular flexibility index (Phi) is 10.0. The van der Waals surface area contributed by atoms with E-state index in [0.717, 1.165) is 22.6 Å². The molecule has 162 valence electrons. The highest BCUT2D eigenvalue weighted by Crippen LogP contribution is 2.22. The van der Waals surface area contributed by atoms with E-state index >= 15 is 0 Å². The maximum Gasteiger partial charge on any atom is 0.242 e. The molecule has 0 aliphatic heterocycles. The monoisotopic (exact) mass is 448 g/mol. The number of amides is 2. The molecule has 1 atom stereocenters. The number of nitrogens with one attached hydrogen (secondary N) is 1. The normalized spacial score (nSPS) is 11.6. The van der Waals surface area contributed by atoms with Gasteiger partial charge in [0.25, 0.3) is 0 Å². The molecule has 0 aliphatic carbocycles. The Labute approximate surface area is 188 Å². The molecule has 5 nitrogen and oxygen atoms in total. The Bertz CT molecular complexity index is 829. The highest BCUT2D eigenvalue weighted by Gasteiger charge is 2.25. The molecule has 0 saturated carbocycles. The molecule has 0 fully saturated rings. The summed E-state index contributed by atoms with van der Waals surface area (Å²) in [4.78, 5) is 28.3. The zero-order chi connectivity index (χ0) is 21.9. The molecule has 2 aromatic rings. The Morgan fingerprint density at radius 3 is 2.60 bits per heavy atom. The number of hydrogen-bond donors (Lipinski definition) is 1. The fourth-order valence-electron chi connectivity index (χ4n) is 2.88. The highest BCUT2D eigenvalue weighted by molar-refractivity contribution is 7.99. The quantitative estimate of drug-likeness (QED) is 0.503. The Morgan fingerprint density at radius 2 is 1.93 bits per heavy atom.